The Morgan fingerprint density at radius 3 is 2.57 bits per heavy atom. The van der Waals surface area contributed by atoms with Crippen LogP contribution in [-0.2, 0) is 15.6 Å². The lowest BCUT2D eigenvalue weighted by atomic mass is 10.1. The molecule has 0 aromatic heterocycles. The van der Waals surface area contributed by atoms with E-state index < -0.39 is 10.8 Å². The molecule has 1 atom stereocenters. The highest BCUT2D eigenvalue weighted by molar-refractivity contribution is 7.85. The summed E-state index contributed by atoms with van der Waals surface area (Å²) in [5.74, 6) is -0.395. The van der Waals surface area contributed by atoms with Gasteiger partial charge in [0.1, 0.15) is 5.75 Å². The second-order valence-electron chi connectivity index (χ2n) is 4.89. The van der Waals surface area contributed by atoms with E-state index in [1.165, 1.54) is 0 Å². The summed E-state index contributed by atoms with van der Waals surface area (Å²) < 4.78 is 12.2. The monoisotopic (exact) mass is 302 g/mol. The van der Waals surface area contributed by atoms with Crippen molar-refractivity contribution in [3.8, 4) is 0 Å². The number of benzene rings is 2. The Balaban J connectivity index is 2.07. The van der Waals surface area contributed by atoms with Crippen LogP contribution in [0.4, 0.5) is 11.4 Å². The minimum Gasteiger partial charge on any atom is -0.397 e. The van der Waals surface area contributed by atoms with Crippen LogP contribution in [0.2, 0.25) is 0 Å². The highest BCUT2D eigenvalue weighted by Gasteiger charge is 2.12. The lowest BCUT2D eigenvalue weighted by Gasteiger charge is -2.11. The van der Waals surface area contributed by atoms with Gasteiger partial charge in [0.15, 0.2) is 0 Å². The van der Waals surface area contributed by atoms with Gasteiger partial charge in [0, 0.05) is 4.90 Å². The molecule has 0 saturated carbocycles. The molecule has 0 aliphatic heterocycles. The number of nitrogens with two attached hydrogens (primary N) is 1. The fourth-order valence-electron chi connectivity index (χ4n) is 2.00. The van der Waals surface area contributed by atoms with Crippen LogP contribution >= 0.6 is 0 Å². The van der Waals surface area contributed by atoms with Crippen molar-refractivity contribution in [2.75, 3.05) is 16.8 Å². The van der Waals surface area contributed by atoms with Gasteiger partial charge in [-0.3, -0.25) is 9.00 Å². The molecule has 0 spiro atoms. The number of rotatable bonds is 4. The Labute approximate surface area is 126 Å². The van der Waals surface area contributed by atoms with E-state index in [1.54, 1.807) is 12.1 Å². The highest BCUT2D eigenvalue weighted by atomic mass is 32.2. The summed E-state index contributed by atoms with van der Waals surface area (Å²) >= 11 is 0. The number of nitrogen functional groups attached to an aromatic ring is 1. The number of para-hydroxylation sites is 1. The molecule has 2 aromatic carbocycles. The summed E-state index contributed by atoms with van der Waals surface area (Å²) in [7, 11) is -1.36. The predicted molar refractivity (Wildman–Crippen MR) is 86.7 cm³/mol. The van der Waals surface area contributed by atoms with E-state index in [0.29, 0.717) is 16.3 Å². The van der Waals surface area contributed by atoms with E-state index in [4.69, 9.17) is 5.73 Å². The van der Waals surface area contributed by atoms with Gasteiger partial charge in [-0.15, -0.1) is 0 Å². The average molecular weight is 302 g/mol. The largest absolute Gasteiger partial charge is 0.397 e. The molecule has 0 bridgehead atoms. The van der Waals surface area contributed by atoms with Crippen LogP contribution in [0.5, 0.6) is 0 Å². The van der Waals surface area contributed by atoms with E-state index in [2.05, 4.69) is 5.32 Å². The molecule has 2 aromatic rings. The second-order valence-corrected chi connectivity index (χ2v) is 6.34. The predicted octanol–water partition coefficient (Wildman–Crippen LogP) is 2.63. The van der Waals surface area contributed by atoms with Gasteiger partial charge in [0.2, 0.25) is 5.91 Å². The summed E-state index contributed by atoms with van der Waals surface area (Å²) in [4.78, 5) is 12.7. The van der Waals surface area contributed by atoms with Crippen molar-refractivity contribution in [3.05, 3.63) is 53.6 Å². The third-order valence-corrected chi connectivity index (χ3v) is 4.39. The van der Waals surface area contributed by atoms with Crippen molar-refractivity contribution in [1.82, 2.24) is 0 Å². The minimum absolute atomic E-state index is 0.0861. The smallest absolute Gasteiger partial charge is 0.237 e. The number of aryl methyl sites for hydroxylation is 2. The number of amides is 1. The van der Waals surface area contributed by atoms with Crippen molar-refractivity contribution in [2.45, 2.75) is 18.7 Å². The van der Waals surface area contributed by atoms with E-state index in [0.717, 1.165) is 11.1 Å². The number of hydrogen-bond acceptors (Lipinski definition) is 3. The lowest BCUT2D eigenvalue weighted by Crippen LogP contribution is -2.20. The number of hydrogen-bond donors (Lipinski definition) is 2. The Kier molecular flexibility index (Phi) is 4.75. The first-order chi connectivity index (χ1) is 9.97. The molecule has 0 aliphatic rings. The third-order valence-electron chi connectivity index (χ3n) is 3.08. The molecule has 0 radical (unpaired) electrons. The maximum Gasteiger partial charge on any atom is 0.237 e. The van der Waals surface area contributed by atoms with Gasteiger partial charge < -0.3 is 11.1 Å². The number of nitrogens with one attached hydrogen (secondary N) is 1. The number of carbonyl (C=O) groups is 1. The molecule has 3 N–H and O–H groups in total. The Morgan fingerprint density at radius 1 is 1.19 bits per heavy atom. The maximum atomic E-state index is 12.2. The van der Waals surface area contributed by atoms with Gasteiger partial charge >= 0.3 is 0 Å². The zero-order valence-electron chi connectivity index (χ0n) is 12.1. The average Bonchev–Trinajstić information content (AvgIpc) is 2.43. The fraction of sp³-hybridized carbons (Fsp3) is 0.188. The Bertz CT molecular complexity index is 678. The zero-order valence-corrected chi connectivity index (χ0v) is 12.9. The van der Waals surface area contributed by atoms with Gasteiger partial charge in [0.25, 0.3) is 0 Å². The van der Waals surface area contributed by atoms with Gasteiger partial charge in [-0.2, -0.15) is 0 Å². The summed E-state index contributed by atoms with van der Waals surface area (Å²) in [6.07, 6.45) is 0. The molecule has 2 rings (SSSR count). The molecule has 110 valence electrons. The summed E-state index contributed by atoms with van der Waals surface area (Å²) in [6.45, 7) is 3.79. The normalized spacial score (nSPS) is 11.9. The minimum atomic E-state index is -1.36. The van der Waals surface area contributed by atoms with Crippen LogP contribution in [0.25, 0.3) is 0 Å². The summed E-state index contributed by atoms with van der Waals surface area (Å²) in [5.41, 5.74) is 8.83. The molecule has 0 aliphatic carbocycles. The summed E-state index contributed by atoms with van der Waals surface area (Å²) in [6, 6.07) is 12.8. The SMILES string of the molecule is Cc1cccc(S(=O)CC(=O)Nc2c(C)cccc2N)c1. The van der Waals surface area contributed by atoms with Crippen LogP contribution in [0, 0.1) is 13.8 Å². The molecule has 1 amide bonds. The van der Waals surface area contributed by atoms with Gasteiger partial charge in [-0.25, -0.2) is 0 Å². The first-order valence-electron chi connectivity index (χ1n) is 6.57. The zero-order chi connectivity index (χ0) is 15.4. The van der Waals surface area contributed by atoms with Crippen LogP contribution in [-0.4, -0.2) is 15.9 Å². The van der Waals surface area contributed by atoms with Crippen molar-refractivity contribution in [3.63, 3.8) is 0 Å². The standard InChI is InChI=1S/C16H18N2O2S/c1-11-5-3-7-13(9-11)21(20)10-15(19)18-16-12(2)6-4-8-14(16)17/h3-9H,10,17H2,1-2H3,(H,18,19). The van der Waals surface area contributed by atoms with Crippen LogP contribution in [0.3, 0.4) is 0 Å². The second kappa shape index (κ2) is 6.54. The Morgan fingerprint density at radius 2 is 1.90 bits per heavy atom. The van der Waals surface area contributed by atoms with E-state index in [1.807, 2.05) is 44.2 Å². The van der Waals surface area contributed by atoms with Gasteiger partial charge in [-0.05, 0) is 43.2 Å². The third kappa shape index (κ3) is 3.92. The number of anilines is 2. The first kappa shape index (κ1) is 15.3. The van der Waals surface area contributed by atoms with Gasteiger partial charge in [0.05, 0.1) is 22.2 Å². The molecular formula is C16H18N2O2S. The topological polar surface area (TPSA) is 72.2 Å². The molecule has 5 heteroatoms. The molecule has 21 heavy (non-hydrogen) atoms. The van der Waals surface area contributed by atoms with Crippen molar-refractivity contribution in [2.24, 2.45) is 0 Å². The van der Waals surface area contributed by atoms with Crippen molar-refractivity contribution in [1.29, 1.82) is 0 Å². The van der Waals surface area contributed by atoms with E-state index in [9.17, 15) is 9.00 Å². The number of carbonyl (C=O) groups excluding carboxylic acids is 1. The van der Waals surface area contributed by atoms with Crippen LogP contribution in [0.15, 0.2) is 47.4 Å². The molecule has 4 nitrogen and oxygen atoms in total. The van der Waals surface area contributed by atoms with Crippen molar-refractivity contribution < 1.29 is 9.00 Å². The van der Waals surface area contributed by atoms with E-state index >= 15 is 0 Å². The Hall–Kier alpha value is -2.14. The molecule has 0 heterocycles. The van der Waals surface area contributed by atoms with Crippen LogP contribution < -0.4 is 11.1 Å². The van der Waals surface area contributed by atoms with Gasteiger partial charge in [-0.1, -0.05) is 24.3 Å². The summed E-state index contributed by atoms with van der Waals surface area (Å²) in [5, 5.41) is 2.74. The lowest BCUT2D eigenvalue weighted by molar-refractivity contribution is -0.113. The quantitative estimate of drug-likeness (QED) is 0.853. The fourth-order valence-corrected chi connectivity index (χ4v) is 3.02. The van der Waals surface area contributed by atoms with Crippen molar-refractivity contribution >= 4 is 28.1 Å². The highest BCUT2D eigenvalue weighted by Crippen LogP contribution is 2.22. The molecule has 0 saturated heterocycles. The maximum absolute atomic E-state index is 12.2. The molecule has 0 fully saturated rings. The molecular weight excluding hydrogens is 284 g/mol. The van der Waals surface area contributed by atoms with E-state index in [-0.39, 0.29) is 11.7 Å². The first-order valence-corrected chi connectivity index (χ1v) is 7.89. The van der Waals surface area contributed by atoms with Crippen LogP contribution in [0.1, 0.15) is 11.1 Å². The molecule has 1 unspecified atom stereocenters.